The van der Waals surface area contributed by atoms with Gasteiger partial charge in [0.05, 0.1) is 10.5 Å². The molecule has 4 heteroatoms. The standard InChI is InChI=1S/C16H9ClINO/c17-13-8-11(5-6-14(13)18)16(20)12-4-3-10-2-1-7-19-15(10)9-12/h1-9H. The fourth-order valence-corrected chi connectivity index (χ4v) is 2.53. The summed E-state index contributed by atoms with van der Waals surface area (Å²) in [6.45, 7) is 0. The SMILES string of the molecule is O=C(c1ccc(I)c(Cl)c1)c1ccc2cccnc2c1. The van der Waals surface area contributed by atoms with Crippen molar-refractivity contribution in [2.24, 2.45) is 0 Å². The number of aromatic nitrogens is 1. The summed E-state index contributed by atoms with van der Waals surface area (Å²) in [5.41, 5.74) is 2.02. The minimum atomic E-state index is -0.0455. The Balaban J connectivity index is 2.05. The van der Waals surface area contributed by atoms with Crippen molar-refractivity contribution in [2.75, 3.05) is 0 Å². The molecular weight excluding hydrogens is 385 g/mol. The van der Waals surface area contributed by atoms with E-state index >= 15 is 0 Å². The first kappa shape index (κ1) is 13.5. The highest BCUT2D eigenvalue weighted by molar-refractivity contribution is 14.1. The van der Waals surface area contributed by atoms with Crippen LogP contribution >= 0.6 is 34.2 Å². The molecule has 0 aliphatic heterocycles. The molecule has 0 radical (unpaired) electrons. The van der Waals surface area contributed by atoms with Crippen LogP contribution in [0.1, 0.15) is 15.9 Å². The van der Waals surface area contributed by atoms with Crippen LogP contribution in [0.4, 0.5) is 0 Å². The van der Waals surface area contributed by atoms with Gasteiger partial charge in [-0.2, -0.15) is 0 Å². The van der Waals surface area contributed by atoms with E-state index in [0.717, 1.165) is 14.5 Å². The molecule has 0 N–H and O–H groups in total. The van der Waals surface area contributed by atoms with Gasteiger partial charge in [-0.3, -0.25) is 9.78 Å². The van der Waals surface area contributed by atoms with Gasteiger partial charge in [0.2, 0.25) is 0 Å². The van der Waals surface area contributed by atoms with Crippen LogP contribution in [0.5, 0.6) is 0 Å². The molecule has 0 aliphatic rings. The van der Waals surface area contributed by atoms with Crippen molar-refractivity contribution in [1.29, 1.82) is 0 Å². The Bertz CT molecular complexity index is 816. The predicted molar refractivity (Wildman–Crippen MR) is 89.3 cm³/mol. The van der Waals surface area contributed by atoms with Gasteiger partial charge in [-0.05, 0) is 52.9 Å². The van der Waals surface area contributed by atoms with Gasteiger partial charge in [0.15, 0.2) is 5.78 Å². The van der Waals surface area contributed by atoms with E-state index in [2.05, 4.69) is 27.6 Å². The number of benzene rings is 2. The largest absolute Gasteiger partial charge is 0.289 e. The van der Waals surface area contributed by atoms with E-state index in [1.165, 1.54) is 0 Å². The zero-order chi connectivity index (χ0) is 14.1. The second-order valence-electron chi connectivity index (χ2n) is 4.37. The van der Waals surface area contributed by atoms with E-state index in [9.17, 15) is 4.79 Å². The molecule has 0 aliphatic carbocycles. The number of fused-ring (bicyclic) bond motifs is 1. The third-order valence-electron chi connectivity index (χ3n) is 3.05. The van der Waals surface area contributed by atoms with E-state index in [1.807, 2.05) is 36.4 Å². The summed E-state index contributed by atoms with van der Waals surface area (Å²) in [7, 11) is 0. The zero-order valence-corrected chi connectivity index (χ0v) is 13.2. The molecule has 3 aromatic rings. The van der Waals surface area contributed by atoms with Crippen molar-refractivity contribution >= 4 is 50.9 Å². The Kier molecular flexibility index (Phi) is 3.72. The third kappa shape index (κ3) is 2.55. The van der Waals surface area contributed by atoms with Crippen molar-refractivity contribution in [3.63, 3.8) is 0 Å². The maximum Gasteiger partial charge on any atom is 0.193 e. The molecule has 1 heterocycles. The molecule has 0 saturated carbocycles. The maximum absolute atomic E-state index is 12.5. The number of carbonyl (C=O) groups is 1. The number of carbonyl (C=O) groups excluding carboxylic acids is 1. The van der Waals surface area contributed by atoms with Crippen LogP contribution in [-0.4, -0.2) is 10.8 Å². The van der Waals surface area contributed by atoms with Crippen LogP contribution in [0.25, 0.3) is 10.9 Å². The first-order chi connectivity index (χ1) is 9.65. The minimum absolute atomic E-state index is 0.0455. The Hall–Kier alpha value is -1.46. The Labute approximate surface area is 134 Å². The van der Waals surface area contributed by atoms with E-state index in [0.29, 0.717) is 16.1 Å². The lowest BCUT2D eigenvalue weighted by molar-refractivity contribution is 0.103. The maximum atomic E-state index is 12.5. The summed E-state index contributed by atoms with van der Waals surface area (Å²) < 4.78 is 0.931. The summed E-state index contributed by atoms with van der Waals surface area (Å²) in [5.74, 6) is -0.0455. The van der Waals surface area contributed by atoms with Crippen LogP contribution in [0, 0.1) is 3.57 Å². The van der Waals surface area contributed by atoms with E-state index < -0.39 is 0 Å². The highest BCUT2D eigenvalue weighted by Crippen LogP contribution is 2.22. The van der Waals surface area contributed by atoms with Crippen molar-refractivity contribution in [3.8, 4) is 0 Å². The molecule has 0 atom stereocenters. The molecule has 2 nitrogen and oxygen atoms in total. The summed E-state index contributed by atoms with van der Waals surface area (Å²) >= 11 is 8.21. The average Bonchev–Trinajstić information content (AvgIpc) is 2.49. The van der Waals surface area contributed by atoms with Gasteiger partial charge in [0, 0.05) is 26.3 Å². The monoisotopic (exact) mass is 393 g/mol. The lowest BCUT2D eigenvalue weighted by Gasteiger charge is -2.04. The number of pyridine rings is 1. The molecule has 20 heavy (non-hydrogen) atoms. The van der Waals surface area contributed by atoms with E-state index in [-0.39, 0.29) is 5.78 Å². The van der Waals surface area contributed by atoms with Gasteiger partial charge < -0.3 is 0 Å². The topological polar surface area (TPSA) is 30.0 Å². The molecule has 98 valence electrons. The number of halogens is 2. The molecule has 0 unspecified atom stereocenters. The van der Waals surface area contributed by atoms with Crippen LogP contribution in [0.3, 0.4) is 0 Å². The van der Waals surface area contributed by atoms with Crippen molar-refractivity contribution in [2.45, 2.75) is 0 Å². The van der Waals surface area contributed by atoms with E-state index in [4.69, 9.17) is 11.6 Å². The highest BCUT2D eigenvalue weighted by Gasteiger charge is 2.11. The van der Waals surface area contributed by atoms with Gasteiger partial charge in [0.25, 0.3) is 0 Å². The quantitative estimate of drug-likeness (QED) is 0.466. The zero-order valence-electron chi connectivity index (χ0n) is 10.3. The summed E-state index contributed by atoms with van der Waals surface area (Å²) in [6, 6.07) is 14.7. The van der Waals surface area contributed by atoms with Crippen LogP contribution < -0.4 is 0 Å². The smallest absolute Gasteiger partial charge is 0.193 e. The normalized spacial score (nSPS) is 10.7. The van der Waals surface area contributed by atoms with Gasteiger partial charge >= 0.3 is 0 Å². The van der Waals surface area contributed by atoms with Crippen LogP contribution in [-0.2, 0) is 0 Å². The van der Waals surface area contributed by atoms with Crippen molar-refractivity contribution in [1.82, 2.24) is 4.98 Å². The molecule has 3 rings (SSSR count). The Morgan fingerprint density at radius 3 is 2.60 bits per heavy atom. The first-order valence-electron chi connectivity index (χ1n) is 6.00. The van der Waals surface area contributed by atoms with Crippen molar-refractivity contribution < 1.29 is 4.79 Å². The number of hydrogen-bond acceptors (Lipinski definition) is 2. The molecule has 0 spiro atoms. The molecule has 0 fully saturated rings. The number of nitrogens with zero attached hydrogens (tertiary/aromatic N) is 1. The van der Waals surface area contributed by atoms with Gasteiger partial charge in [-0.1, -0.05) is 29.8 Å². The number of hydrogen-bond donors (Lipinski definition) is 0. The number of rotatable bonds is 2. The average molecular weight is 394 g/mol. The molecule has 0 bridgehead atoms. The van der Waals surface area contributed by atoms with Crippen LogP contribution in [0.15, 0.2) is 54.7 Å². The Morgan fingerprint density at radius 2 is 1.80 bits per heavy atom. The lowest BCUT2D eigenvalue weighted by atomic mass is 10.0. The molecule has 2 aromatic carbocycles. The molecule has 1 aromatic heterocycles. The highest BCUT2D eigenvalue weighted by atomic mass is 127. The Morgan fingerprint density at radius 1 is 1.05 bits per heavy atom. The second kappa shape index (κ2) is 5.50. The van der Waals surface area contributed by atoms with Gasteiger partial charge in [-0.15, -0.1) is 0 Å². The van der Waals surface area contributed by atoms with Gasteiger partial charge in [-0.25, -0.2) is 0 Å². The van der Waals surface area contributed by atoms with Crippen LogP contribution in [0.2, 0.25) is 5.02 Å². The fraction of sp³-hybridized carbons (Fsp3) is 0. The first-order valence-corrected chi connectivity index (χ1v) is 7.45. The second-order valence-corrected chi connectivity index (χ2v) is 5.94. The molecular formula is C16H9ClINO. The lowest BCUT2D eigenvalue weighted by Crippen LogP contribution is -2.01. The van der Waals surface area contributed by atoms with Gasteiger partial charge in [0.1, 0.15) is 0 Å². The summed E-state index contributed by atoms with van der Waals surface area (Å²) in [6.07, 6.45) is 1.72. The molecule has 0 amide bonds. The van der Waals surface area contributed by atoms with E-state index in [1.54, 1.807) is 18.3 Å². The fourth-order valence-electron chi connectivity index (χ4n) is 2.01. The third-order valence-corrected chi connectivity index (χ3v) is 4.62. The predicted octanol–water partition coefficient (Wildman–Crippen LogP) is 4.72. The van der Waals surface area contributed by atoms with Crippen molar-refractivity contribution in [3.05, 3.63) is 74.4 Å². The minimum Gasteiger partial charge on any atom is -0.289 e. The number of ketones is 1. The molecule has 0 saturated heterocycles. The summed E-state index contributed by atoms with van der Waals surface area (Å²) in [4.78, 5) is 16.7. The summed E-state index contributed by atoms with van der Waals surface area (Å²) in [5, 5.41) is 1.61.